The topological polar surface area (TPSA) is 0 Å². The molecule has 0 aromatic carbocycles. The van der Waals surface area contributed by atoms with Crippen LogP contribution in [-0.2, 0) is 0 Å². The first-order valence-corrected chi connectivity index (χ1v) is 8.38. The maximum Gasteiger partial charge on any atom is 0.0697 e. The molecular weight excluding hydrogens is 316 g/mol. The molecule has 0 aliphatic heterocycles. The van der Waals surface area contributed by atoms with E-state index in [9.17, 15) is 0 Å². The van der Waals surface area contributed by atoms with Gasteiger partial charge in [0.1, 0.15) is 0 Å². The highest BCUT2D eigenvalue weighted by Crippen LogP contribution is 2.17. The Labute approximate surface area is 113 Å². The summed E-state index contributed by atoms with van der Waals surface area (Å²) in [6.07, 6.45) is 15.5. The van der Waals surface area contributed by atoms with Crippen LogP contribution in [0.2, 0.25) is 0 Å². The number of halogens is 2. The SMILES string of the molecule is CCCCCCCCCCCCC(Br)Br. The van der Waals surface area contributed by atoms with Crippen molar-refractivity contribution in [2.24, 2.45) is 0 Å². The average molecular weight is 342 g/mol. The summed E-state index contributed by atoms with van der Waals surface area (Å²) in [7, 11) is 0. The number of rotatable bonds is 11. The summed E-state index contributed by atoms with van der Waals surface area (Å²) < 4.78 is 0.527. The van der Waals surface area contributed by atoms with E-state index >= 15 is 0 Å². The normalized spacial score (nSPS) is 11.2. The molecule has 15 heavy (non-hydrogen) atoms. The van der Waals surface area contributed by atoms with Crippen LogP contribution in [0.15, 0.2) is 0 Å². The van der Waals surface area contributed by atoms with E-state index in [0.29, 0.717) is 3.74 Å². The van der Waals surface area contributed by atoms with Crippen LogP contribution in [0, 0.1) is 0 Å². The van der Waals surface area contributed by atoms with E-state index in [0.717, 1.165) is 0 Å². The fourth-order valence-corrected chi connectivity index (χ4v) is 2.43. The summed E-state index contributed by atoms with van der Waals surface area (Å²) in [6, 6.07) is 0. The molecule has 0 rings (SSSR count). The number of hydrogen-bond acceptors (Lipinski definition) is 0. The zero-order valence-corrected chi connectivity index (χ0v) is 13.3. The first-order valence-electron chi connectivity index (χ1n) is 6.55. The first kappa shape index (κ1) is 16.0. The lowest BCUT2D eigenvalue weighted by atomic mass is 10.1. The average Bonchev–Trinajstić information content (AvgIpc) is 2.20. The van der Waals surface area contributed by atoms with Crippen molar-refractivity contribution in [2.75, 3.05) is 0 Å². The summed E-state index contributed by atoms with van der Waals surface area (Å²) in [4.78, 5) is 0. The minimum Gasteiger partial charge on any atom is -0.0765 e. The fraction of sp³-hybridized carbons (Fsp3) is 1.00. The lowest BCUT2D eigenvalue weighted by Crippen LogP contribution is -1.86. The molecule has 0 saturated carbocycles. The molecular formula is C13H26Br2. The highest BCUT2D eigenvalue weighted by molar-refractivity contribution is 9.24. The maximum absolute atomic E-state index is 3.51. The zero-order chi connectivity index (χ0) is 11.4. The van der Waals surface area contributed by atoms with Crippen molar-refractivity contribution in [2.45, 2.75) is 81.3 Å². The van der Waals surface area contributed by atoms with Gasteiger partial charge in [0.15, 0.2) is 0 Å². The zero-order valence-electron chi connectivity index (χ0n) is 10.1. The molecule has 0 fully saturated rings. The van der Waals surface area contributed by atoms with Gasteiger partial charge >= 0.3 is 0 Å². The van der Waals surface area contributed by atoms with E-state index in [2.05, 4.69) is 38.8 Å². The third kappa shape index (κ3) is 15.0. The molecule has 0 radical (unpaired) electrons. The summed E-state index contributed by atoms with van der Waals surface area (Å²) in [5.41, 5.74) is 0. The van der Waals surface area contributed by atoms with Crippen LogP contribution in [0.5, 0.6) is 0 Å². The lowest BCUT2D eigenvalue weighted by molar-refractivity contribution is 0.554. The van der Waals surface area contributed by atoms with Crippen molar-refractivity contribution < 1.29 is 0 Å². The Morgan fingerprint density at radius 1 is 0.667 bits per heavy atom. The number of unbranched alkanes of at least 4 members (excludes halogenated alkanes) is 9. The molecule has 0 amide bonds. The van der Waals surface area contributed by atoms with Crippen LogP contribution in [-0.4, -0.2) is 3.74 Å². The Bertz CT molecular complexity index is 113. The van der Waals surface area contributed by atoms with Gasteiger partial charge in [0.05, 0.1) is 3.74 Å². The molecule has 92 valence electrons. The number of hydrogen-bond donors (Lipinski definition) is 0. The van der Waals surface area contributed by atoms with Gasteiger partial charge in [-0.3, -0.25) is 0 Å². The van der Waals surface area contributed by atoms with Crippen molar-refractivity contribution in [1.29, 1.82) is 0 Å². The van der Waals surface area contributed by atoms with Crippen molar-refractivity contribution in [3.8, 4) is 0 Å². The van der Waals surface area contributed by atoms with E-state index in [-0.39, 0.29) is 0 Å². The van der Waals surface area contributed by atoms with Crippen molar-refractivity contribution in [1.82, 2.24) is 0 Å². The van der Waals surface area contributed by atoms with Crippen LogP contribution in [0.25, 0.3) is 0 Å². The quantitative estimate of drug-likeness (QED) is 0.300. The highest BCUT2D eigenvalue weighted by atomic mass is 79.9. The fourth-order valence-electron chi connectivity index (χ4n) is 1.79. The van der Waals surface area contributed by atoms with E-state index in [1.807, 2.05) is 0 Å². The van der Waals surface area contributed by atoms with Crippen LogP contribution in [0.3, 0.4) is 0 Å². The molecule has 0 aliphatic rings. The summed E-state index contributed by atoms with van der Waals surface area (Å²) in [5.74, 6) is 0. The second-order valence-electron chi connectivity index (χ2n) is 4.36. The predicted octanol–water partition coefficient (Wildman–Crippen LogP) is 6.41. The minimum absolute atomic E-state index is 0.527. The first-order chi connectivity index (χ1) is 7.27. The van der Waals surface area contributed by atoms with E-state index < -0.39 is 0 Å². The van der Waals surface area contributed by atoms with Crippen LogP contribution in [0.4, 0.5) is 0 Å². The summed E-state index contributed by atoms with van der Waals surface area (Å²) in [5, 5.41) is 0. The largest absolute Gasteiger partial charge is 0.0765 e. The lowest BCUT2D eigenvalue weighted by Gasteiger charge is -2.02. The van der Waals surface area contributed by atoms with Gasteiger partial charge in [0.25, 0.3) is 0 Å². The summed E-state index contributed by atoms with van der Waals surface area (Å²) in [6.45, 7) is 2.28. The molecule has 0 aromatic heterocycles. The Kier molecular flexibility index (Phi) is 13.9. The van der Waals surface area contributed by atoms with Gasteiger partial charge in [-0.15, -0.1) is 0 Å². The molecule has 0 unspecified atom stereocenters. The second-order valence-corrected chi connectivity index (χ2v) is 7.80. The molecule has 0 aromatic rings. The monoisotopic (exact) mass is 340 g/mol. The molecule has 0 saturated heterocycles. The van der Waals surface area contributed by atoms with Crippen molar-refractivity contribution in [3.05, 3.63) is 0 Å². The molecule has 0 heterocycles. The van der Waals surface area contributed by atoms with Gasteiger partial charge in [0, 0.05) is 0 Å². The van der Waals surface area contributed by atoms with Gasteiger partial charge in [0.2, 0.25) is 0 Å². The van der Waals surface area contributed by atoms with E-state index in [4.69, 9.17) is 0 Å². The molecule has 0 spiro atoms. The Morgan fingerprint density at radius 2 is 1.07 bits per heavy atom. The Morgan fingerprint density at radius 3 is 1.47 bits per heavy atom. The van der Waals surface area contributed by atoms with E-state index in [1.54, 1.807) is 0 Å². The van der Waals surface area contributed by atoms with Gasteiger partial charge in [-0.05, 0) is 6.42 Å². The third-order valence-corrected chi connectivity index (χ3v) is 3.69. The molecule has 0 aliphatic carbocycles. The molecule has 0 bridgehead atoms. The molecule has 0 atom stereocenters. The predicted molar refractivity (Wildman–Crippen MR) is 78.1 cm³/mol. The Hall–Kier alpha value is 0.960. The number of alkyl halides is 2. The Balaban J connectivity index is 2.87. The third-order valence-electron chi connectivity index (χ3n) is 2.78. The molecule has 0 nitrogen and oxygen atoms in total. The maximum atomic E-state index is 3.51. The molecule has 0 N–H and O–H groups in total. The van der Waals surface area contributed by atoms with Crippen LogP contribution < -0.4 is 0 Å². The van der Waals surface area contributed by atoms with E-state index in [1.165, 1.54) is 70.6 Å². The highest BCUT2D eigenvalue weighted by Gasteiger charge is 1.97. The van der Waals surface area contributed by atoms with Crippen molar-refractivity contribution in [3.63, 3.8) is 0 Å². The smallest absolute Gasteiger partial charge is 0.0697 e. The van der Waals surface area contributed by atoms with Gasteiger partial charge < -0.3 is 0 Å². The molecule has 2 heteroatoms. The van der Waals surface area contributed by atoms with Crippen LogP contribution >= 0.6 is 31.9 Å². The van der Waals surface area contributed by atoms with Gasteiger partial charge in [-0.25, -0.2) is 0 Å². The second kappa shape index (κ2) is 13.0. The van der Waals surface area contributed by atoms with Crippen LogP contribution in [0.1, 0.15) is 77.6 Å². The van der Waals surface area contributed by atoms with Crippen molar-refractivity contribution >= 4 is 31.9 Å². The van der Waals surface area contributed by atoms with Gasteiger partial charge in [-0.1, -0.05) is 103 Å². The van der Waals surface area contributed by atoms with Gasteiger partial charge in [-0.2, -0.15) is 0 Å². The minimum atomic E-state index is 0.527. The standard InChI is InChI=1S/C13H26Br2/c1-2-3-4-5-6-7-8-9-10-11-12-13(14)15/h13H,2-12H2,1H3. The summed E-state index contributed by atoms with van der Waals surface area (Å²) >= 11 is 7.02.